The van der Waals surface area contributed by atoms with Crippen molar-refractivity contribution in [1.29, 1.82) is 0 Å². The zero-order chi connectivity index (χ0) is 13.8. The van der Waals surface area contributed by atoms with Crippen molar-refractivity contribution in [2.45, 2.75) is 20.8 Å². The summed E-state index contributed by atoms with van der Waals surface area (Å²) in [6, 6.07) is 11.8. The fourth-order valence-corrected chi connectivity index (χ4v) is 2.02. The van der Waals surface area contributed by atoms with Crippen LogP contribution in [-0.2, 0) is 0 Å². The Kier molecular flexibility index (Phi) is 4.17. The molecule has 0 spiro atoms. The summed E-state index contributed by atoms with van der Waals surface area (Å²) in [5.41, 5.74) is 3.74. The molecule has 0 amide bonds. The van der Waals surface area contributed by atoms with Gasteiger partial charge in [-0.2, -0.15) is 5.10 Å². The van der Waals surface area contributed by atoms with Gasteiger partial charge in [0.1, 0.15) is 5.15 Å². The Morgan fingerprint density at radius 1 is 1.11 bits per heavy atom. The molecule has 1 aromatic carbocycles. The maximum Gasteiger partial charge on any atom is 0.160 e. The average Bonchev–Trinajstić information content (AvgIpc) is 2.84. The first-order valence-electron chi connectivity index (χ1n) is 6.32. The summed E-state index contributed by atoms with van der Waals surface area (Å²) < 4.78 is 1.64. The van der Waals surface area contributed by atoms with E-state index in [2.05, 4.69) is 10.1 Å². The van der Waals surface area contributed by atoms with Gasteiger partial charge in [0, 0.05) is 17.2 Å². The minimum Gasteiger partial charge on any atom is -0.228 e. The molecule has 0 aliphatic heterocycles. The number of aromatic nitrogens is 3. The van der Waals surface area contributed by atoms with Gasteiger partial charge in [0.2, 0.25) is 0 Å². The van der Waals surface area contributed by atoms with Gasteiger partial charge in [0.25, 0.3) is 0 Å². The third kappa shape index (κ3) is 2.61. The lowest BCUT2D eigenvalue weighted by Crippen LogP contribution is -1.94. The van der Waals surface area contributed by atoms with Crippen molar-refractivity contribution < 1.29 is 0 Å². The number of aryl methyl sites for hydroxylation is 1. The minimum absolute atomic E-state index is 0.571. The number of benzene rings is 1. The zero-order valence-corrected chi connectivity index (χ0v) is 12.0. The molecular formula is C15H16ClN3. The molecule has 0 radical (unpaired) electrons. The SMILES string of the molecule is CC.Cc1cnn2c(Cl)cc(-c3ccccc3)nc12. The summed E-state index contributed by atoms with van der Waals surface area (Å²) in [4.78, 5) is 4.58. The van der Waals surface area contributed by atoms with E-state index in [9.17, 15) is 0 Å². The number of rotatable bonds is 1. The zero-order valence-electron chi connectivity index (χ0n) is 11.3. The van der Waals surface area contributed by atoms with Gasteiger partial charge in [-0.3, -0.25) is 0 Å². The molecule has 0 saturated heterocycles. The van der Waals surface area contributed by atoms with Crippen molar-refractivity contribution in [3.05, 3.63) is 53.3 Å². The third-order valence-corrected chi connectivity index (χ3v) is 2.94. The van der Waals surface area contributed by atoms with E-state index in [0.29, 0.717) is 5.15 Å². The van der Waals surface area contributed by atoms with E-state index >= 15 is 0 Å². The lowest BCUT2D eigenvalue weighted by Gasteiger charge is -2.03. The van der Waals surface area contributed by atoms with Crippen molar-refractivity contribution in [2.75, 3.05) is 0 Å². The third-order valence-electron chi connectivity index (χ3n) is 2.67. The quantitative estimate of drug-likeness (QED) is 0.616. The number of fused-ring (bicyclic) bond motifs is 1. The second kappa shape index (κ2) is 5.85. The highest BCUT2D eigenvalue weighted by Crippen LogP contribution is 2.22. The van der Waals surface area contributed by atoms with E-state index in [0.717, 1.165) is 22.5 Å². The van der Waals surface area contributed by atoms with E-state index in [4.69, 9.17) is 11.6 Å². The maximum atomic E-state index is 6.19. The van der Waals surface area contributed by atoms with E-state index in [1.807, 2.05) is 57.2 Å². The van der Waals surface area contributed by atoms with Gasteiger partial charge in [0.15, 0.2) is 5.65 Å². The first-order chi connectivity index (χ1) is 9.25. The number of nitrogens with zero attached hydrogens (tertiary/aromatic N) is 3. The first-order valence-corrected chi connectivity index (χ1v) is 6.70. The van der Waals surface area contributed by atoms with Gasteiger partial charge in [-0.15, -0.1) is 0 Å². The molecule has 3 nitrogen and oxygen atoms in total. The van der Waals surface area contributed by atoms with Gasteiger partial charge in [-0.25, -0.2) is 9.50 Å². The van der Waals surface area contributed by atoms with Crippen molar-refractivity contribution in [3.63, 3.8) is 0 Å². The topological polar surface area (TPSA) is 30.2 Å². The predicted octanol–water partition coefficient (Wildman–Crippen LogP) is 4.38. The van der Waals surface area contributed by atoms with Crippen molar-refractivity contribution in [2.24, 2.45) is 0 Å². The van der Waals surface area contributed by atoms with Crippen LogP contribution in [0.5, 0.6) is 0 Å². The van der Waals surface area contributed by atoms with E-state index in [-0.39, 0.29) is 0 Å². The molecule has 0 atom stereocenters. The fraction of sp³-hybridized carbons (Fsp3) is 0.200. The van der Waals surface area contributed by atoms with Crippen molar-refractivity contribution in [3.8, 4) is 11.3 Å². The fourth-order valence-electron chi connectivity index (χ4n) is 1.79. The van der Waals surface area contributed by atoms with E-state index in [1.165, 1.54) is 0 Å². The lowest BCUT2D eigenvalue weighted by molar-refractivity contribution is 0.942. The standard InChI is InChI=1S/C13H10ClN3.C2H6/c1-9-8-15-17-12(14)7-11(16-13(9)17)10-5-3-2-4-6-10;1-2/h2-8H,1H3;1-2H3. The summed E-state index contributed by atoms with van der Waals surface area (Å²) in [6.07, 6.45) is 1.77. The minimum atomic E-state index is 0.571. The van der Waals surface area contributed by atoms with Crippen LogP contribution in [0.1, 0.15) is 19.4 Å². The van der Waals surface area contributed by atoms with Gasteiger partial charge in [-0.05, 0) is 6.92 Å². The summed E-state index contributed by atoms with van der Waals surface area (Å²) in [5, 5.41) is 4.75. The normalized spacial score (nSPS) is 10.1. The molecule has 98 valence electrons. The molecule has 4 heteroatoms. The van der Waals surface area contributed by atoms with Gasteiger partial charge in [0.05, 0.1) is 11.9 Å². The summed E-state index contributed by atoms with van der Waals surface area (Å²) >= 11 is 6.19. The molecule has 0 saturated carbocycles. The molecule has 0 unspecified atom stereocenters. The molecule has 3 aromatic rings. The lowest BCUT2D eigenvalue weighted by atomic mass is 10.1. The Bertz CT molecular complexity index is 674. The molecular weight excluding hydrogens is 258 g/mol. The molecule has 0 bridgehead atoms. The maximum absolute atomic E-state index is 6.19. The van der Waals surface area contributed by atoms with Crippen molar-refractivity contribution in [1.82, 2.24) is 14.6 Å². The van der Waals surface area contributed by atoms with Crippen LogP contribution in [-0.4, -0.2) is 14.6 Å². The van der Waals surface area contributed by atoms with Crippen molar-refractivity contribution >= 4 is 17.2 Å². The van der Waals surface area contributed by atoms with Crippen LogP contribution in [0, 0.1) is 6.92 Å². The Hall–Kier alpha value is -1.87. The molecule has 2 heterocycles. The average molecular weight is 274 g/mol. The molecule has 0 aliphatic rings. The van der Waals surface area contributed by atoms with Crippen LogP contribution >= 0.6 is 11.6 Å². The largest absolute Gasteiger partial charge is 0.228 e. The van der Waals surface area contributed by atoms with Gasteiger partial charge in [-0.1, -0.05) is 55.8 Å². The van der Waals surface area contributed by atoms with Crippen LogP contribution in [0.25, 0.3) is 16.9 Å². The van der Waals surface area contributed by atoms with Gasteiger partial charge >= 0.3 is 0 Å². The predicted molar refractivity (Wildman–Crippen MR) is 79.5 cm³/mol. The van der Waals surface area contributed by atoms with Crippen LogP contribution in [0.4, 0.5) is 0 Å². The second-order valence-electron chi connectivity index (χ2n) is 3.89. The Labute approximate surface area is 117 Å². The summed E-state index contributed by atoms with van der Waals surface area (Å²) in [6.45, 7) is 5.97. The monoisotopic (exact) mass is 273 g/mol. The Morgan fingerprint density at radius 2 is 1.79 bits per heavy atom. The molecule has 3 rings (SSSR count). The van der Waals surface area contributed by atoms with Crippen LogP contribution < -0.4 is 0 Å². The Balaban J connectivity index is 0.000000637. The molecule has 0 fully saturated rings. The second-order valence-corrected chi connectivity index (χ2v) is 4.28. The number of halogens is 1. The molecule has 0 aliphatic carbocycles. The molecule has 0 N–H and O–H groups in total. The highest BCUT2D eigenvalue weighted by Gasteiger charge is 2.08. The molecule has 19 heavy (non-hydrogen) atoms. The van der Waals surface area contributed by atoms with E-state index < -0.39 is 0 Å². The first kappa shape index (κ1) is 13.6. The van der Waals surface area contributed by atoms with Gasteiger partial charge < -0.3 is 0 Å². The van der Waals surface area contributed by atoms with Crippen LogP contribution in [0.2, 0.25) is 5.15 Å². The number of hydrogen-bond acceptors (Lipinski definition) is 2. The van der Waals surface area contributed by atoms with Crippen LogP contribution in [0.3, 0.4) is 0 Å². The summed E-state index contributed by atoms with van der Waals surface area (Å²) in [7, 11) is 0. The molecule has 2 aromatic heterocycles. The highest BCUT2D eigenvalue weighted by atomic mass is 35.5. The highest BCUT2D eigenvalue weighted by molar-refractivity contribution is 6.30. The Morgan fingerprint density at radius 3 is 2.47 bits per heavy atom. The van der Waals surface area contributed by atoms with E-state index in [1.54, 1.807) is 10.7 Å². The summed E-state index contributed by atoms with van der Waals surface area (Å²) in [5.74, 6) is 0. The smallest absolute Gasteiger partial charge is 0.160 e. The van der Waals surface area contributed by atoms with Crippen LogP contribution in [0.15, 0.2) is 42.6 Å². The number of hydrogen-bond donors (Lipinski definition) is 0.